The van der Waals surface area contributed by atoms with E-state index >= 15 is 0 Å². The quantitative estimate of drug-likeness (QED) is 0.921. The van der Waals surface area contributed by atoms with Crippen molar-refractivity contribution in [1.82, 2.24) is 4.90 Å². The summed E-state index contributed by atoms with van der Waals surface area (Å²) in [6, 6.07) is 4.52. The van der Waals surface area contributed by atoms with Gasteiger partial charge in [-0.15, -0.1) is 0 Å². The van der Waals surface area contributed by atoms with Crippen molar-refractivity contribution in [2.24, 2.45) is 0 Å². The molecule has 0 aliphatic carbocycles. The SMILES string of the molecule is CNc1c(F)cccc1C(=O)N(C)CC1CCCCO1. The molecule has 1 amide bonds. The summed E-state index contributed by atoms with van der Waals surface area (Å²) in [4.78, 5) is 14.0. The van der Waals surface area contributed by atoms with Crippen LogP contribution in [-0.4, -0.2) is 44.2 Å². The summed E-state index contributed by atoms with van der Waals surface area (Å²) >= 11 is 0. The normalized spacial score (nSPS) is 18.6. The van der Waals surface area contributed by atoms with E-state index in [9.17, 15) is 9.18 Å². The molecule has 0 saturated carbocycles. The highest BCUT2D eigenvalue weighted by Crippen LogP contribution is 2.21. The van der Waals surface area contributed by atoms with Crippen LogP contribution in [0.5, 0.6) is 0 Å². The summed E-state index contributed by atoms with van der Waals surface area (Å²) in [6.45, 7) is 1.30. The van der Waals surface area contributed by atoms with Gasteiger partial charge in [0.15, 0.2) is 0 Å². The van der Waals surface area contributed by atoms with Gasteiger partial charge < -0.3 is 15.0 Å². The first kappa shape index (κ1) is 14.8. The number of anilines is 1. The molecule has 1 aromatic rings. The molecule has 1 aliphatic heterocycles. The number of para-hydroxylation sites is 1. The molecule has 1 atom stereocenters. The maximum Gasteiger partial charge on any atom is 0.255 e. The van der Waals surface area contributed by atoms with E-state index in [1.165, 1.54) is 6.07 Å². The minimum atomic E-state index is -0.416. The lowest BCUT2D eigenvalue weighted by Gasteiger charge is -2.28. The van der Waals surface area contributed by atoms with Gasteiger partial charge in [-0.05, 0) is 31.4 Å². The Labute approximate surface area is 118 Å². The Kier molecular flexibility index (Phi) is 4.95. The summed E-state index contributed by atoms with van der Waals surface area (Å²) in [5.74, 6) is -0.608. The molecule has 1 N–H and O–H groups in total. The standard InChI is InChI=1S/C15H21FN2O2/c1-17-14-12(7-5-8-13(14)16)15(19)18(2)10-11-6-3-4-9-20-11/h5,7-8,11,17H,3-4,6,9-10H2,1-2H3. The van der Waals surface area contributed by atoms with Crippen LogP contribution in [0.15, 0.2) is 18.2 Å². The summed E-state index contributed by atoms with van der Waals surface area (Å²) < 4.78 is 19.3. The number of benzene rings is 1. The van der Waals surface area contributed by atoms with Crippen molar-refractivity contribution < 1.29 is 13.9 Å². The summed E-state index contributed by atoms with van der Waals surface area (Å²) in [6.07, 6.45) is 3.28. The number of rotatable bonds is 4. The van der Waals surface area contributed by atoms with Crippen molar-refractivity contribution in [2.75, 3.05) is 32.6 Å². The van der Waals surface area contributed by atoms with Gasteiger partial charge in [-0.25, -0.2) is 4.39 Å². The van der Waals surface area contributed by atoms with E-state index < -0.39 is 5.82 Å². The van der Waals surface area contributed by atoms with Gasteiger partial charge in [0.2, 0.25) is 0 Å². The Balaban J connectivity index is 2.08. The number of carbonyl (C=O) groups is 1. The van der Waals surface area contributed by atoms with Gasteiger partial charge in [0.25, 0.3) is 5.91 Å². The number of hydrogen-bond donors (Lipinski definition) is 1. The molecule has 0 spiro atoms. The van der Waals surface area contributed by atoms with E-state index in [4.69, 9.17) is 4.74 Å². The molecule has 0 radical (unpaired) electrons. The van der Waals surface area contributed by atoms with E-state index in [1.807, 2.05) is 0 Å². The van der Waals surface area contributed by atoms with Crippen molar-refractivity contribution >= 4 is 11.6 Å². The Morgan fingerprint density at radius 1 is 1.50 bits per heavy atom. The Bertz CT molecular complexity index is 473. The van der Waals surface area contributed by atoms with E-state index in [-0.39, 0.29) is 17.7 Å². The molecular formula is C15H21FN2O2. The maximum atomic E-state index is 13.7. The van der Waals surface area contributed by atoms with Crippen LogP contribution in [0.3, 0.4) is 0 Å². The molecule has 1 saturated heterocycles. The fraction of sp³-hybridized carbons (Fsp3) is 0.533. The largest absolute Gasteiger partial charge is 0.385 e. The third-order valence-corrected chi connectivity index (χ3v) is 3.59. The van der Waals surface area contributed by atoms with Gasteiger partial charge in [0, 0.05) is 27.2 Å². The topological polar surface area (TPSA) is 41.6 Å². The highest BCUT2D eigenvalue weighted by Gasteiger charge is 2.22. The number of halogens is 1. The van der Waals surface area contributed by atoms with Crippen molar-refractivity contribution in [2.45, 2.75) is 25.4 Å². The fourth-order valence-electron chi connectivity index (χ4n) is 2.50. The first-order valence-electron chi connectivity index (χ1n) is 6.97. The van der Waals surface area contributed by atoms with Gasteiger partial charge in [0.05, 0.1) is 17.4 Å². The van der Waals surface area contributed by atoms with Gasteiger partial charge >= 0.3 is 0 Å². The highest BCUT2D eigenvalue weighted by atomic mass is 19.1. The second kappa shape index (κ2) is 6.70. The number of carbonyl (C=O) groups excluding carboxylic acids is 1. The van der Waals surface area contributed by atoms with Crippen molar-refractivity contribution in [3.8, 4) is 0 Å². The summed E-state index contributed by atoms with van der Waals surface area (Å²) in [5, 5.41) is 2.75. The van der Waals surface area contributed by atoms with Crippen LogP contribution >= 0.6 is 0 Å². The number of likely N-dealkylation sites (N-methyl/N-ethyl adjacent to an activating group) is 1. The lowest BCUT2D eigenvalue weighted by atomic mass is 10.1. The van der Waals surface area contributed by atoms with Crippen LogP contribution < -0.4 is 5.32 Å². The number of nitrogens with one attached hydrogen (secondary N) is 1. The minimum Gasteiger partial charge on any atom is -0.385 e. The van der Waals surface area contributed by atoms with Gasteiger partial charge in [-0.1, -0.05) is 6.07 Å². The zero-order chi connectivity index (χ0) is 14.5. The van der Waals surface area contributed by atoms with E-state index in [1.54, 1.807) is 31.1 Å². The van der Waals surface area contributed by atoms with Crippen molar-refractivity contribution in [1.29, 1.82) is 0 Å². The van der Waals surface area contributed by atoms with E-state index in [0.717, 1.165) is 25.9 Å². The van der Waals surface area contributed by atoms with Crippen LogP contribution in [-0.2, 0) is 4.74 Å². The average molecular weight is 280 g/mol. The second-order valence-corrected chi connectivity index (χ2v) is 5.09. The Hall–Kier alpha value is -1.62. The number of hydrogen-bond acceptors (Lipinski definition) is 3. The van der Waals surface area contributed by atoms with Crippen molar-refractivity contribution in [3.05, 3.63) is 29.6 Å². The average Bonchev–Trinajstić information content (AvgIpc) is 2.47. The third kappa shape index (κ3) is 3.28. The zero-order valence-electron chi connectivity index (χ0n) is 12.0. The van der Waals surface area contributed by atoms with Gasteiger partial charge in [-0.2, -0.15) is 0 Å². The predicted octanol–water partition coefficient (Wildman–Crippen LogP) is 2.51. The molecule has 1 aliphatic rings. The number of ether oxygens (including phenoxy) is 1. The number of amides is 1. The molecule has 2 rings (SSSR count). The number of nitrogens with zero attached hydrogens (tertiary/aromatic N) is 1. The second-order valence-electron chi connectivity index (χ2n) is 5.09. The summed E-state index contributed by atoms with van der Waals surface area (Å²) in [5.41, 5.74) is 0.597. The smallest absolute Gasteiger partial charge is 0.255 e. The van der Waals surface area contributed by atoms with Crippen LogP contribution in [0, 0.1) is 5.82 Å². The molecule has 0 aromatic heterocycles. The molecule has 0 bridgehead atoms. The van der Waals surface area contributed by atoms with Crippen molar-refractivity contribution in [3.63, 3.8) is 0 Å². The molecular weight excluding hydrogens is 259 g/mol. The third-order valence-electron chi connectivity index (χ3n) is 3.59. The van der Waals surface area contributed by atoms with E-state index in [0.29, 0.717) is 12.1 Å². The molecule has 20 heavy (non-hydrogen) atoms. The Morgan fingerprint density at radius 2 is 2.30 bits per heavy atom. The fourth-order valence-corrected chi connectivity index (χ4v) is 2.50. The monoisotopic (exact) mass is 280 g/mol. The zero-order valence-corrected chi connectivity index (χ0v) is 12.0. The summed E-state index contributed by atoms with van der Waals surface area (Å²) in [7, 11) is 3.34. The molecule has 1 fully saturated rings. The molecule has 1 heterocycles. The maximum absolute atomic E-state index is 13.7. The molecule has 5 heteroatoms. The van der Waals surface area contributed by atoms with Crippen LogP contribution in [0.1, 0.15) is 29.6 Å². The lowest BCUT2D eigenvalue weighted by Crippen LogP contribution is -2.37. The minimum absolute atomic E-state index is 0.0873. The molecule has 1 aromatic carbocycles. The molecule has 110 valence electrons. The molecule has 4 nitrogen and oxygen atoms in total. The first-order valence-corrected chi connectivity index (χ1v) is 6.97. The predicted molar refractivity (Wildman–Crippen MR) is 76.5 cm³/mol. The van der Waals surface area contributed by atoms with E-state index in [2.05, 4.69) is 5.32 Å². The van der Waals surface area contributed by atoms with Crippen LogP contribution in [0.4, 0.5) is 10.1 Å². The van der Waals surface area contributed by atoms with Crippen LogP contribution in [0.25, 0.3) is 0 Å². The lowest BCUT2D eigenvalue weighted by molar-refractivity contribution is -0.000175. The van der Waals surface area contributed by atoms with Gasteiger partial charge in [-0.3, -0.25) is 4.79 Å². The Morgan fingerprint density at radius 3 is 2.95 bits per heavy atom. The first-order chi connectivity index (χ1) is 9.63. The van der Waals surface area contributed by atoms with Gasteiger partial charge in [0.1, 0.15) is 5.82 Å². The van der Waals surface area contributed by atoms with Crippen LogP contribution in [0.2, 0.25) is 0 Å². The molecule has 1 unspecified atom stereocenters. The highest BCUT2D eigenvalue weighted by molar-refractivity contribution is 5.99.